The van der Waals surface area contributed by atoms with Crippen LogP contribution in [0.2, 0.25) is 0 Å². The average molecular weight is 580 g/mol. The van der Waals surface area contributed by atoms with Gasteiger partial charge in [0.25, 0.3) is 0 Å². The van der Waals surface area contributed by atoms with Crippen LogP contribution in [0.3, 0.4) is 0 Å². The summed E-state index contributed by atoms with van der Waals surface area (Å²) in [5.41, 5.74) is 0.113. The molecule has 1 atom stereocenters. The third-order valence-electron chi connectivity index (χ3n) is 8.04. The van der Waals surface area contributed by atoms with Gasteiger partial charge in [0, 0.05) is 44.3 Å². The second-order valence-electron chi connectivity index (χ2n) is 10.7. The fourth-order valence-corrected chi connectivity index (χ4v) is 5.74. The van der Waals surface area contributed by atoms with Crippen LogP contribution in [0.25, 0.3) is 11.3 Å². The Morgan fingerprint density at radius 1 is 1.17 bits per heavy atom. The van der Waals surface area contributed by atoms with E-state index in [9.17, 15) is 23.2 Å². The van der Waals surface area contributed by atoms with Crippen molar-refractivity contribution in [2.24, 2.45) is 0 Å². The molecule has 42 heavy (non-hydrogen) atoms. The highest BCUT2D eigenvalue weighted by atomic mass is 19.4. The summed E-state index contributed by atoms with van der Waals surface area (Å²) in [4.78, 5) is 31.0. The normalized spacial score (nSPS) is 18.9. The molecule has 0 saturated carbocycles. The number of hydrogen-bond donors (Lipinski definition) is 1. The monoisotopic (exact) mass is 579 g/mol. The van der Waals surface area contributed by atoms with E-state index in [4.69, 9.17) is 9.72 Å². The molecular weight excluding hydrogens is 547 g/mol. The Morgan fingerprint density at radius 2 is 1.95 bits per heavy atom. The number of aromatic nitrogens is 3. The Kier molecular flexibility index (Phi) is 8.31. The van der Waals surface area contributed by atoms with Gasteiger partial charge in [0.05, 0.1) is 34.4 Å². The van der Waals surface area contributed by atoms with Gasteiger partial charge in [-0.3, -0.25) is 9.78 Å². The zero-order valence-electron chi connectivity index (χ0n) is 23.5. The van der Waals surface area contributed by atoms with Gasteiger partial charge in [-0.1, -0.05) is 6.07 Å². The van der Waals surface area contributed by atoms with Crippen molar-refractivity contribution in [2.75, 3.05) is 44.7 Å². The van der Waals surface area contributed by atoms with Crippen molar-refractivity contribution in [3.63, 3.8) is 0 Å². The summed E-state index contributed by atoms with van der Waals surface area (Å²) < 4.78 is 45.3. The second-order valence-corrected chi connectivity index (χ2v) is 10.7. The number of ether oxygens (including phenoxy) is 1. The van der Waals surface area contributed by atoms with Gasteiger partial charge >= 0.3 is 6.18 Å². The molecule has 3 aromatic rings. The number of halogens is 3. The molecule has 9 nitrogen and oxygen atoms in total. The van der Waals surface area contributed by atoms with Gasteiger partial charge < -0.3 is 19.9 Å². The summed E-state index contributed by atoms with van der Waals surface area (Å²) in [7, 11) is 2.02. The quantitative estimate of drug-likeness (QED) is 0.444. The number of hydrogen-bond acceptors (Lipinski definition) is 8. The lowest BCUT2D eigenvalue weighted by molar-refractivity contribution is -0.137. The third-order valence-corrected chi connectivity index (χ3v) is 8.04. The summed E-state index contributed by atoms with van der Waals surface area (Å²) in [6, 6.07) is 10.1. The van der Waals surface area contributed by atoms with E-state index < -0.39 is 17.2 Å². The van der Waals surface area contributed by atoms with Crippen LogP contribution in [0.5, 0.6) is 5.88 Å². The van der Waals surface area contributed by atoms with Crippen LogP contribution in [-0.2, 0) is 16.4 Å². The first-order chi connectivity index (χ1) is 20.1. The molecule has 0 bridgehead atoms. The Morgan fingerprint density at radius 3 is 2.57 bits per heavy atom. The van der Waals surface area contributed by atoms with Crippen molar-refractivity contribution in [3.05, 3.63) is 65.6 Å². The minimum Gasteiger partial charge on any atom is -0.477 e. The van der Waals surface area contributed by atoms with Crippen LogP contribution < -0.4 is 15.0 Å². The van der Waals surface area contributed by atoms with Crippen LogP contribution in [0.4, 0.5) is 19.0 Å². The summed E-state index contributed by atoms with van der Waals surface area (Å²) >= 11 is 0. The Hall–Kier alpha value is -4.24. The molecule has 2 saturated heterocycles. The maximum atomic E-state index is 14.0. The number of amides is 1. The van der Waals surface area contributed by atoms with Crippen LogP contribution >= 0.6 is 0 Å². The van der Waals surface area contributed by atoms with Crippen molar-refractivity contribution >= 4 is 11.7 Å². The highest BCUT2D eigenvalue weighted by Gasteiger charge is 2.45. The number of carbonyl (C=O) groups excluding carboxylic acids is 1. The van der Waals surface area contributed by atoms with Crippen molar-refractivity contribution < 1.29 is 22.7 Å². The summed E-state index contributed by atoms with van der Waals surface area (Å²) in [5.74, 6) is 0.559. The van der Waals surface area contributed by atoms with Gasteiger partial charge in [0.15, 0.2) is 0 Å². The smallest absolute Gasteiger partial charge is 0.417 e. The van der Waals surface area contributed by atoms with E-state index in [1.165, 1.54) is 0 Å². The Bertz CT molecular complexity index is 1460. The van der Waals surface area contributed by atoms with E-state index >= 15 is 0 Å². The van der Waals surface area contributed by atoms with Gasteiger partial charge in [-0.05, 0) is 69.6 Å². The minimum absolute atomic E-state index is 0.0237. The number of likely N-dealkylation sites (tertiary alicyclic amines) is 1. The lowest BCUT2D eigenvalue weighted by Gasteiger charge is -2.42. The van der Waals surface area contributed by atoms with Crippen LogP contribution in [0.15, 0.2) is 48.9 Å². The number of nitrogens with zero attached hydrogens (tertiary/aromatic N) is 6. The topological polar surface area (TPSA) is 107 Å². The molecule has 0 radical (unpaired) electrons. The van der Waals surface area contributed by atoms with E-state index in [0.29, 0.717) is 44.1 Å². The standard InChI is InChI=1S/C30H32F3N7O2/c1-3-42-27-24(5-4-11-35-27)25-7-6-21(17-36-25)29(28(41)38-23-8-12-39(2)19-23)9-13-40(14-10-29)26-20(16-34)15-22(18-37-26)30(31,32)33/h4-7,11,15,17-18,23H,3,8-10,12-14,19H2,1-2H3,(H,38,41)/t23-/m0/s1. The lowest BCUT2D eigenvalue weighted by atomic mass is 9.72. The van der Waals surface area contributed by atoms with Gasteiger partial charge in [-0.2, -0.15) is 18.4 Å². The van der Waals surface area contributed by atoms with Gasteiger partial charge in [0.1, 0.15) is 11.9 Å². The minimum atomic E-state index is -4.60. The summed E-state index contributed by atoms with van der Waals surface area (Å²) in [6.45, 7) is 4.64. The number of nitrogens with one attached hydrogen (secondary N) is 1. The maximum Gasteiger partial charge on any atom is 0.417 e. The molecule has 0 aromatic carbocycles. The van der Waals surface area contributed by atoms with Gasteiger partial charge in [0.2, 0.25) is 11.8 Å². The fourth-order valence-electron chi connectivity index (χ4n) is 5.74. The molecule has 2 aliphatic rings. The zero-order valence-corrected chi connectivity index (χ0v) is 23.5. The SMILES string of the molecule is CCOc1ncccc1-c1ccc(C2(C(=O)N[C@H]3CCN(C)C3)CCN(c3ncc(C(F)(F)F)cc3C#N)CC2)cn1. The van der Waals surface area contributed by atoms with Crippen molar-refractivity contribution in [1.82, 2.24) is 25.2 Å². The third kappa shape index (κ3) is 5.87. The first-order valence-corrected chi connectivity index (χ1v) is 13.9. The van der Waals surface area contributed by atoms with Crippen LogP contribution in [0, 0.1) is 11.3 Å². The largest absolute Gasteiger partial charge is 0.477 e. The molecule has 5 rings (SSSR count). The number of anilines is 1. The highest BCUT2D eigenvalue weighted by molar-refractivity contribution is 5.89. The number of rotatable bonds is 7. The average Bonchev–Trinajstić information content (AvgIpc) is 3.41. The zero-order chi connectivity index (χ0) is 29.9. The number of pyridine rings is 3. The molecule has 220 valence electrons. The van der Waals surface area contributed by atoms with E-state index in [0.717, 1.165) is 42.9 Å². The van der Waals surface area contributed by atoms with Gasteiger partial charge in [-0.15, -0.1) is 0 Å². The van der Waals surface area contributed by atoms with E-state index in [-0.39, 0.29) is 23.3 Å². The number of likely N-dealkylation sites (N-methyl/N-ethyl adjacent to an activating group) is 1. The Balaban J connectivity index is 1.44. The molecule has 0 spiro atoms. The lowest BCUT2D eigenvalue weighted by Crippen LogP contribution is -2.54. The molecule has 12 heteroatoms. The number of carbonyl (C=O) groups is 1. The molecule has 5 heterocycles. The van der Waals surface area contributed by atoms with Gasteiger partial charge in [-0.25, -0.2) is 9.97 Å². The molecule has 1 N–H and O–H groups in total. The summed E-state index contributed by atoms with van der Waals surface area (Å²) in [6.07, 6.45) is 1.10. The van der Waals surface area contributed by atoms with Crippen molar-refractivity contribution in [1.29, 1.82) is 5.26 Å². The summed E-state index contributed by atoms with van der Waals surface area (Å²) in [5, 5.41) is 12.8. The van der Waals surface area contributed by atoms with E-state index in [2.05, 4.69) is 20.2 Å². The second kappa shape index (κ2) is 11.9. The first-order valence-electron chi connectivity index (χ1n) is 13.9. The predicted molar refractivity (Wildman–Crippen MR) is 150 cm³/mol. The van der Waals surface area contributed by atoms with E-state index in [1.54, 1.807) is 17.3 Å². The molecular formula is C30H32F3N7O2. The predicted octanol–water partition coefficient (Wildman–Crippen LogP) is 4.19. The molecule has 0 unspecified atom stereocenters. The molecule has 0 aliphatic carbocycles. The van der Waals surface area contributed by atoms with Crippen molar-refractivity contribution in [2.45, 2.75) is 43.8 Å². The van der Waals surface area contributed by atoms with Crippen LogP contribution in [0.1, 0.15) is 42.9 Å². The maximum absolute atomic E-state index is 14.0. The fraction of sp³-hybridized carbons (Fsp3) is 0.433. The molecule has 3 aromatic heterocycles. The van der Waals surface area contributed by atoms with Crippen LogP contribution in [-0.4, -0.2) is 71.6 Å². The first kappa shape index (κ1) is 29.3. The van der Waals surface area contributed by atoms with E-state index in [1.807, 2.05) is 44.3 Å². The highest BCUT2D eigenvalue weighted by Crippen LogP contribution is 2.39. The Labute approximate surface area is 242 Å². The molecule has 2 aliphatic heterocycles. The van der Waals surface area contributed by atoms with Crippen molar-refractivity contribution in [3.8, 4) is 23.2 Å². The molecule has 1 amide bonds. The number of nitriles is 1. The number of alkyl halides is 3. The number of piperidine rings is 1. The molecule has 2 fully saturated rings.